The Morgan fingerprint density at radius 3 is 2.29 bits per heavy atom. The number of aromatic nitrogens is 1. The van der Waals surface area contributed by atoms with E-state index < -0.39 is 16.6 Å². The molecule has 3 rings (SSSR count). The van der Waals surface area contributed by atoms with Crippen LogP contribution in [-0.4, -0.2) is 44.9 Å². The highest BCUT2D eigenvalue weighted by molar-refractivity contribution is 5.70. The van der Waals surface area contributed by atoms with Gasteiger partial charge in [0, 0.05) is 36.5 Å². The molecule has 1 saturated heterocycles. The number of hydrogen-bond donors (Lipinski definition) is 2. The highest BCUT2D eigenvalue weighted by Crippen LogP contribution is 2.51. The van der Waals surface area contributed by atoms with E-state index in [9.17, 15) is 15.0 Å². The maximum atomic E-state index is 12.5. The van der Waals surface area contributed by atoms with Crippen LogP contribution in [0.1, 0.15) is 69.7 Å². The quantitative estimate of drug-likeness (QED) is 0.749. The van der Waals surface area contributed by atoms with Gasteiger partial charge in [-0.3, -0.25) is 4.98 Å². The molecule has 6 heteroatoms. The third-order valence-corrected chi connectivity index (χ3v) is 6.00. The van der Waals surface area contributed by atoms with E-state index in [-0.39, 0.29) is 12.7 Å². The van der Waals surface area contributed by atoms with Gasteiger partial charge in [0.05, 0.1) is 6.61 Å². The number of carbonyl (C=O) groups is 1. The van der Waals surface area contributed by atoms with Crippen LogP contribution >= 0.6 is 0 Å². The molecule has 1 aromatic carbocycles. The molecule has 0 radical (unpaired) electrons. The molecular weight excluding hydrogens is 392 g/mol. The van der Waals surface area contributed by atoms with E-state index in [1.54, 1.807) is 23.4 Å². The zero-order valence-corrected chi connectivity index (χ0v) is 19.3. The monoisotopic (exact) mass is 426 g/mol. The summed E-state index contributed by atoms with van der Waals surface area (Å²) in [5.74, 6) is 0.378. The first kappa shape index (κ1) is 23.2. The van der Waals surface area contributed by atoms with Crippen molar-refractivity contribution < 1.29 is 19.7 Å². The lowest BCUT2D eigenvalue weighted by Gasteiger charge is -2.56. The summed E-state index contributed by atoms with van der Waals surface area (Å²) >= 11 is 0. The minimum Gasteiger partial charge on any atom is -0.444 e. The highest BCUT2D eigenvalue weighted by atomic mass is 16.6. The van der Waals surface area contributed by atoms with Crippen LogP contribution in [0.25, 0.3) is 0 Å². The summed E-state index contributed by atoms with van der Waals surface area (Å²) in [4.78, 5) is 18.4. The van der Waals surface area contributed by atoms with E-state index >= 15 is 0 Å². The first-order valence-electron chi connectivity index (χ1n) is 10.8. The summed E-state index contributed by atoms with van der Waals surface area (Å²) in [5.41, 5.74) is 0.524. The molecule has 1 fully saturated rings. The van der Waals surface area contributed by atoms with Gasteiger partial charge in [0.15, 0.2) is 0 Å². The Hall–Kier alpha value is -2.44. The fourth-order valence-electron chi connectivity index (χ4n) is 4.23. The fourth-order valence-corrected chi connectivity index (χ4v) is 4.23. The van der Waals surface area contributed by atoms with Crippen LogP contribution in [-0.2, 0) is 16.9 Å². The number of aliphatic hydroxyl groups is 2. The number of rotatable bonds is 5. The van der Waals surface area contributed by atoms with Gasteiger partial charge >= 0.3 is 6.09 Å². The number of pyridine rings is 1. The summed E-state index contributed by atoms with van der Waals surface area (Å²) in [7, 11) is 0. The van der Waals surface area contributed by atoms with Gasteiger partial charge < -0.3 is 19.8 Å². The molecule has 0 spiro atoms. The molecule has 1 aliphatic rings. The molecule has 2 heterocycles. The van der Waals surface area contributed by atoms with Gasteiger partial charge in [0.1, 0.15) is 11.2 Å². The molecule has 1 atom stereocenters. The topological polar surface area (TPSA) is 82.9 Å². The number of ether oxygens (including phenoxy) is 1. The van der Waals surface area contributed by atoms with Crippen LogP contribution in [0.15, 0.2) is 42.7 Å². The van der Waals surface area contributed by atoms with E-state index in [2.05, 4.69) is 18.8 Å². The van der Waals surface area contributed by atoms with Crippen LogP contribution in [0.2, 0.25) is 0 Å². The van der Waals surface area contributed by atoms with E-state index in [1.165, 1.54) is 5.56 Å². The average Bonchev–Trinajstić information content (AvgIpc) is 2.69. The number of hydrogen-bond acceptors (Lipinski definition) is 5. The molecule has 0 saturated carbocycles. The summed E-state index contributed by atoms with van der Waals surface area (Å²) in [6.45, 7) is 12.2. The molecule has 31 heavy (non-hydrogen) atoms. The summed E-state index contributed by atoms with van der Waals surface area (Å²) in [6.07, 6.45) is 2.84. The third-order valence-electron chi connectivity index (χ3n) is 6.00. The van der Waals surface area contributed by atoms with Crippen molar-refractivity contribution in [1.82, 2.24) is 9.88 Å². The molecule has 0 aliphatic carbocycles. The number of amides is 1. The largest absolute Gasteiger partial charge is 0.444 e. The van der Waals surface area contributed by atoms with Crippen LogP contribution in [0.3, 0.4) is 0 Å². The van der Waals surface area contributed by atoms with Crippen molar-refractivity contribution in [2.24, 2.45) is 5.41 Å². The molecule has 168 valence electrons. The van der Waals surface area contributed by atoms with Gasteiger partial charge in [0.25, 0.3) is 0 Å². The summed E-state index contributed by atoms with van der Waals surface area (Å²) in [5, 5.41) is 21.8. The minimum absolute atomic E-state index is 0.163. The van der Waals surface area contributed by atoms with Gasteiger partial charge in [-0.25, -0.2) is 4.79 Å². The Kier molecular flexibility index (Phi) is 6.18. The smallest absolute Gasteiger partial charge is 0.410 e. The number of likely N-dealkylation sites (tertiary alicyclic amines) is 1. The van der Waals surface area contributed by atoms with Gasteiger partial charge in [-0.05, 0) is 49.4 Å². The van der Waals surface area contributed by atoms with Crippen molar-refractivity contribution in [3.05, 3.63) is 65.0 Å². The zero-order chi connectivity index (χ0) is 23.0. The first-order valence-corrected chi connectivity index (χ1v) is 10.8. The van der Waals surface area contributed by atoms with Crippen molar-refractivity contribution in [3.63, 3.8) is 0 Å². The lowest BCUT2D eigenvalue weighted by Crippen LogP contribution is -2.66. The van der Waals surface area contributed by atoms with Gasteiger partial charge in [-0.2, -0.15) is 0 Å². The SMILES string of the molecule is CC(C)c1ccc([C@](O)(c2cncc(CO)c2)C2(C)CN(C(=O)OC(C)(C)C)C2)cc1. The Morgan fingerprint density at radius 1 is 1.16 bits per heavy atom. The zero-order valence-electron chi connectivity index (χ0n) is 19.3. The average molecular weight is 427 g/mol. The predicted octanol–water partition coefficient (Wildman–Crippen LogP) is 4.19. The Morgan fingerprint density at radius 2 is 1.77 bits per heavy atom. The standard InChI is InChI=1S/C25H34N2O4/c1-17(2)19-7-9-20(10-8-19)25(30,21-11-18(14-28)12-26-13-21)24(6)15-27(16-24)22(29)31-23(3,4)5/h7-13,17,28,30H,14-16H2,1-6H3/t25-/m0/s1. The number of carbonyl (C=O) groups excluding carboxylic acids is 1. The van der Waals surface area contributed by atoms with Crippen LogP contribution in [0.5, 0.6) is 0 Å². The van der Waals surface area contributed by atoms with Crippen LogP contribution in [0.4, 0.5) is 4.79 Å². The molecule has 6 nitrogen and oxygen atoms in total. The van der Waals surface area contributed by atoms with Crippen molar-refractivity contribution in [3.8, 4) is 0 Å². The lowest BCUT2D eigenvalue weighted by atomic mass is 9.62. The van der Waals surface area contributed by atoms with Crippen molar-refractivity contribution in [2.75, 3.05) is 13.1 Å². The summed E-state index contributed by atoms with van der Waals surface area (Å²) < 4.78 is 5.50. The second kappa shape index (κ2) is 8.24. The van der Waals surface area contributed by atoms with Crippen molar-refractivity contribution in [1.29, 1.82) is 0 Å². The summed E-state index contributed by atoms with van der Waals surface area (Å²) in [6, 6.07) is 9.74. The Bertz CT molecular complexity index is 927. The van der Waals surface area contributed by atoms with Gasteiger partial charge in [-0.1, -0.05) is 45.0 Å². The molecule has 1 aliphatic heterocycles. The highest BCUT2D eigenvalue weighted by Gasteiger charge is 2.58. The molecular formula is C25H34N2O4. The van der Waals surface area contributed by atoms with Crippen LogP contribution in [0, 0.1) is 5.41 Å². The molecule has 2 aromatic rings. The Balaban J connectivity index is 2.00. The Labute approximate surface area is 184 Å². The normalized spacial score (nSPS) is 17.8. The lowest BCUT2D eigenvalue weighted by molar-refractivity contribution is -0.131. The van der Waals surface area contributed by atoms with Crippen molar-refractivity contribution in [2.45, 2.75) is 65.3 Å². The van der Waals surface area contributed by atoms with E-state index in [4.69, 9.17) is 4.74 Å². The second-order valence-electron chi connectivity index (χ2n) is 10.1. The third kappa shape index (κ3) is 4.46. The van der Waals surface area contributed by atoms with Gasteiger partial charge in [0.2, 0.25) is 0 Å². The first-order chi connectivity index (χ1) is 14.4. The second-order valence-corrected chi connectivity index (χ2v) is 10.1. The van der Waals surface area contributed by atoms with E-state index in [0.717, 1.165) is 5.56 Å². The predicted molar refractivity (Wildman–Crippen MR) is 120 cm³/mol. The van der Waals surface area contributed by atoms with E-state index in [1.807, 2.05) is 52.0 Å². The van der Waals surface area contributed by atoms with Crippen molar-refractivity contribution >= 4 is 6.09 Å². The maximum Gasteiger partial charge on any atom is 0.410 e. The minimum atomic E-state index is -1.39. The number of nitrogens with zero attached hydrogens (tertiary/aromatic N) is 2. The molecule has 2 N–H and O–H groups in total. The molecule has 1 aromatic heterocycles. The van der Waals surface area contributed by atoms with Gasteiger partial charge in [-0.15, -0.1) is 0 Å². The molecule has 1 amide bonds. The van der Waals surface area contributed by atoms with Crippen LogP contribution < -0.4 is 0 Å². The molecule has 0 bridgehead atoms. The number of aliphatic hydroxyl groups excluding tert-OH is 1. The van der Waals surface area contributed by atoms with E-state index in [0.29, 0.717) is 30.1 Å². The fraction of sp³-hybridized carbons (Fsp3) is 0.520. The maximum absolute atomic E-state index is 12.5. The number of benzene rings is 1. The molecule has 0 unspecified atom stereocenters.